The third-order valence-electron chi connectivity index (χ3n) is 3.50. The molecular formula is C14H17BO. The van der Waals surface area contributed by atoms with Gasteiger partial charge in [-0.2, -0.15) is 0 Å². The van der Waals surface area contributed by atoms with Gasteiger partial charge in [-0.3, -0.25) is 0 Å². The average molecular weight is 212 g/mol. The average Bonchev–Trinajstić information content (AvgIpc) is 2.76. The van der Waals surface area contributed by atoms with Gasteiger partial charge in [0.25, 0.3) is 0 Å². The molecule has 0 aromatic heterocycles. The quantitative estimate of drug-likeness (QED) is 0.441. The van der Waals surface area contributed by atoms with Gasteiger partial charge < -0.3 is 4.74 Å². The summed E-state index contributed by atoms with van der Waals surface area (Å²) in [5.41, 5.74) is 2.77. The first-order valence-corrected chi connectivity index (χ1v) is 6.03. The van der Waals surface area contributed by atoms with Gasteiger partial charge in [-0.15, -0.1) is 0 Å². The maximum atomic E-state index is 5.90. The fraction of sp³-hybridized carbons (Fsp3) is 0.429. The first kappa shape index (κ1) is 10.2. The van der Waals surface area contributed by atoms with Gasteiger partial charge in [0.05, 0.1) is 0 Å². The van der Waals surface area contributed by atoms with Crippen LogP contribution in [0, 0.1) is 5.92 Å². The Balaban J connectivity index is 2.13. The zero-order valence-corrected chi connectivity index (χ0v) is 10.1. The molecule has 3 rings (SSSR count). The summed E-state index contributed by atoms with van der Waals surface area (Å²) in [6.45, 7) is 4.49. The minimum Gasteiger partial charge on any atom is -0.357 e. The highest BCUT2D eigenvalue weighted by Crippen LogP contribution is 2.43. The van der Waals surface area contributed by atoms with Crippen molar-refractivity contribution in [2.75, 3.05) is 0 Å². The van der Waals surface area contributed by atoms with Crippen LogP contribution in [0.1, 0.15) is 13.8 Å². The molecule has 0 radical (unpaired) electrons. The lowest BCUT2D eigenvalue weighted by Gasteiger charge is -2.22. The molecule has 0 N–H and O–H groups in total. The van der Waals surface area contributed by atoms with Gasteiger partial charge >= 0.3 is 0 Å². The Morgan fingerprint density at radius 2 is 1.88 bits per heavy atom. The number of ether oxygens (including phenoxy) is 1. The van der Waals surface area contributed by atoms with Gasteiger partial charge in [0.1, 0.15) is 20.1 Å². The highest BCUT2D eigenvalue weighted by atomic mass is 16.5. The smallest absolute Gasteiger partial charge is 0.119 e. The van der Waals surface area contributed by atoms with Crippen molar-refractivity contribution in [1.82, 2.24) is 0 Å². The Morgan fingerprint density at radius 3 is 2.62 bits per heavy atom. The summed E-state index contributed by atoms with van der Waals surface area (Å²) < 4.78 is 5.90. The van der Waals surface area contributed by atoms with E-state index in [0.717, 1.165) is 0 Å². The second-order valence-electron chi connectivity index (χ2n) is 5.62. The molecule has 0 amide bonds. The molecule has 2 aliphatic heterocycles. The summed E-state index contributed by atoms with van der Waals surface area (Å²) in [6, 6.07) is 0. The monoisotopic (exact) mass is 212 g/mol. The molecule has 0 spiro atoms. The topological polar surface area (TPSA) is 9.23 Å². The highest BCUT2D eigenvalue weighted by molar-refractivity contribution is 6.18. The van der Waals surface area contributed by atoms with Crippen molar-refractivity contribution >= 4 is 7.85 Å². The largest absolute Gasteiger partial charge is 0.357 e. The van der Waals surface area contributed by atoms with E-state index >= 15 is 0 Å². The molecule has 2 bridgehead atoms. The van der Waals surface area contributed by atoms with Gasteiger partial charge in [0.2, 0.25) is 0 Å². The SMILES string of the molecule is BC1(C)/C=C\C(C)/C=C2\C(=C/1)C1C=CC2O1. The van der Waals surface area contributed by atoms with Crippen molar-refractivity contribution in [3.05, 3.63) is 47.6 Å². The van der Waals surface area contributed by atoms with Crippen molar-refractivity contribution in [2.24, 2.45) is 5.92 Å². The second-order valence-corrected chi connectivity index (χ2v) is 5.62. The Morgan fingerprint density at radius 1 is 1.19 bits per heavy atom. The predicted octanol–water partition coefficient (Wildman–Crippen LogP) is 2.19. The van der Waals surface area contributed by atoms with Gasteiger partial charge in [-0.1, -0.05) is 50.3 Å². The first-order valence-electron chi connectivity index (χ1n) is 6.03. The standard InChI is InChI=1S/C14H17BO/c1-9-5-6-14(2,15)8-11-10(7-9)12-3-4-13(11)16-12/h3-9,12-13H,15H2,1-2H3/b6-5-,10-7+,11-8+. The van der Waals surface area contributed by atoms with Gasteiger partial charge in [-0.05, 0) is 22.4 Å². The summed E-state index contributed by atoms with van der Waals surface area (Å²) in [4.78, 5) is 0. The minimum atomic E-state index is 0.130. The summed E-state index contributed by atoms with van der Waals surface area (Å²) in [5.74, 6) is 0.495. The summed E-state index contributed by atoms with van der Waals surface area (Å²) >= 11 is 0. The molecule has 0 saturated carbocycles. The molecule has 3 aliphatic rings. The van der Waals surface area contributed by atoms with E-state index in [1.807, 2.05) is 0 Å². The molecule has 1 nitrogen and oxygen atoms in total. The van der Waals surface area contributed by atoms with Crippen LogP contribution in [0.5, 0.6) is 0 Å². The molecule has 2 heteroatoms. The van der Waals surface area contributed by atoms with E-state index in [-0.39, 0.29) is 17.5 Å². The lowest BCUT2D eigenvalue weighted by atomic mass is 9.67. The van der Waals surface area contributed by atoms with Crippen molar-refractivity contribution < 1.29 is 4.74 Å². The number of hydrogen-bond donors (Lipinski definition) is 0. The third-order valence-corrected chi connectivity index (χ3v) is 3.50. The van der Waals surface area contributed by atoms with E-state index in [9.17, 15) is 0 Å². The Labute approximate surface area is 98.0 Å². The van der Waals surface area contributed by atoms with Crippen molar-refractivity contribution in [3.63, 3.8) is 0 Å². The highest BCUT2D eigenvalue weighted by Gasteiger charge is 2.37. The van der Waals surface area contributed by atoms with Crippen molar-refractivity contribution in [1.29, 1.82) is 0 Å². The Bertz CT molecular complexity index is 440. The van der Waals surface area contributed by atoms with Gasteiger partial charge in [0.15, 0.2) is 0 Å². The molecular weight excluding hydrogens is 195 g/mol. The van der Waals surface area contributed by atoms with E-state index in [1.165, 1.54) is 11.1 Å². The minimum absolute atomic E-state index is 0.130. The summed E-state index contributed by atoms with van der Waals surface area (Å²) in [7, 11) is 2.25. The molecule has 1 aliphatic carbocycles. The summed E-state index contributed by atoms with van der Waals surface area (Å²) in [6.07, 6.45) is 14.1. The molecule has 4 atom stereocenters. The van der Waals surface area contributed by atoms with E-state index in [4.69, 9.17) is 4.74 Å². The normalized spacial score (nSPS) is 53.2. The second kappa shape index (κ2) is 3.24. The molecule has 2 heterocycles. The van der Waals surface area contributed by atoms with E-state index in [0.29, 0.717) is 5.92 Å². The number of fused-ring (bicyclic) bond motifs is 5. The van der Waals surface area contributed by atoms with E-state index in [1.54, 1.807) is 0 Å². The van der Waals surface area contributed by atoms with Crippen LogP contribution in [0.2, 0.25) is 5.31 Å². The number of rotatable bonds is 0. The predicted molar refractivity (Wildman–Crippen MR) is 69.2 cm³/mol. The molecule has 82 valence electrons. The van der Waals surface area contributed by atoms with Crippen LogP contribution >= 0.6 is 0 Å². The van der Waals surface area contributed by atoms with Gasteiger partial charge in [-0.25, -0.2) is 0 Å². The van der Waals surface area contributed by atoms with Crippen LogP contribution in [0.15, 0.2) is 47.6 Å². The Hall–Kier alpha value is -1.02. The van der Waals surface area contributed by atoms with Crippen molar-refractivity contribution in [2.45, 2.75) is 31.4 Å². The van der Waals surface area contributed by atoms with Crippen LogP contribution in [0.3, 0.4) is 0 Å². The maximum absolute atomic E-state index is 5.90. The van der Waals surface area contributed by atoms with Crippen molar-refractivity contribution in [3.8, 4) is 0 Å². The molecule has 1 saturated heterocycles. The zero-order chi connectivity index (χ0) is 11.3. The van der Waals surface area contributed by atoms with Crippen LogP contribution in [-0.4, -0.2) is 20.1 Å². The third kappa shape index (κ3) is 1.52. The van der Waals surface area contributed by atoms with E-state index in [2.05, 4.69) is 58.1 Å². The molecule has 0 aromatic rings. The lowest BCUT2D eigenvalue weighted by molar-refractivity contribution is 0.138. The Kier molecular flexibility index (Phi) is 2.06. The first-order chi connectivity index (χ1) is 7.55. The van der Waals surface area contributed by atoms with Crippen LogP contribution < -0.4 is 0 Å². The number of hydrogen-bond acceptors (Lipinski definition) is 1. The fourth-order valence-electron chi connectivity index (χ4n) is 2.68. The fourth-order valence-corrected chi connectivity index (χ4v) is 2.68. The van der Waals surface area contributed by atoms with Crippen LogP contribution in [0.4, 0.5) is 0 Å². The zero-order valence-electron chi connectivity index (χ0n) is 10.1. The molecule has 4 unspecified atom stereocenters. The lowest BCUT2D eigenvalue weighted by Crippen LogP contribution is -2.12. The van der Waals surface area contributed by atoms with Crippen LogP contribution in [0.25, 0.3) is 0 Å². The maximum Gasteiger partial charge on any atom is 0.119 e. The van der Waals surface area contributed by atoms with E-state index < -0.39 is 0 Å². The molecule has 0 aromatic carbocycles. The van der Waals surface area contributed by atoms with Gasteiger partial charge in [0, 0.05) is 0 Å². The molecule has 16 heavy (non-hydrogen) atoms. The number of allylic oxidation sites excluding steroid dienone is 4. The summed E-state index contributed by atoms with van der Waals surface area (Å²) in [5, 5.41) is 0.130. The van der Waals surface area contributed by atoms with Crippen LogP contribution in [-0.2, 0) is 4.74 Å². The molecule has 1 fully saturated rings.